The van der Waals surface area contributed by atoms with Gasteiger partial charge >= 0.3 is 0 Å². The first-order chi connectivity index (χ1) is 13.2. The summed E-state index contributed by atoms with van der Waals surface area (Å²) in [7, 11) is 0. The fourth-order valence-electron chi connectivity index (χ4n) is 4.72. The first kappa shape index (κ1) is 16.8. The zero-order valence-electron chi connectivity index (χ0n) is 15.1. The number of anilines is 1. The van der Waals surface area contributed by atoms with Crippen molar-refractivity contribution < 1.29 is 14.3 Å². The summed E-state index contributed by atoms with van der Waals surface area (Å²) < 4.78 is 13.7. The number of aliphatic hydroxyl groups is 1. The lowest BCUT2D eigenvalue weighted by Crippen LogP contribution is -2.43. The van der Waals surface area contributed by atoms with Crippen LogP contribution in [0.1, 0.15) is 30.9 Å². The average molecular weight is 366 g/mol. The summed E-state index contributed by atoms with van der Waals surface area (Å²) in [6.07, 6.45) is 2.88. The summed E-state index contributed by atoms with van der Waals surface area (Å²) in [5.41, 5.74) is 3.82. The average Bonchev–Trinajstić information content (AvgIpc) is 3.44. The molecule has 27 heavy (non-hydrogen) atoms. The number of hydrogen-bond donors (Lipinski definition) is 2. The van der Waals surface area contributed by atoms with Gasteiger partial charge in [-0.2, -0.15) is 0 Å². The molecular weight excluding hydrogens is 343 g/mol. The number of carbonyl (C=O) groups excluding carboxylic acids is 1. The van der Waals surface area contributed by atoms with Gasteiger partial charge in [0.2, 0.25) is 5.91 Å². The molecule has 5 heteroatoms. The molecule has 1 saturated heterocycles. The van der Waals surface area contributed by atoms with Crippen LogP contribution in [0.2, 0.25) is 0 Å². The van der Waals surface area contributed by atoms with Crippen LogP contribution < -0.4 is 5.32 Å². The monoisotopic (exact) mass is 366 g/mol. The van der Waals surface area contributed by atoms with Crippen LogP contribution in [0.4, 0.5) is 10.1 Å². The zero-order valence-corrected chi connectivity index (χ0v) is 15.1. The van der Waals surface area contributed by atoms with E-state index in [1.807, 2.05) is 23.1 Å². The number of carbonyl (C=O) groups is 1. The predicted octanol–water partition coefficient (Wildman–Crippen LogP) is 3.58. The van der Waals surface area contributed by atoms with Gasteiger partial charge in [0.1, 0.15) is 5.82 Å². The number of nitrogens with zero attached hydrogens (tertiary/aromatic N) is 1. The fourth-order valence-corrected chi connectivity index (χ4v) is 4.72. The van der Waals surface area contributed by atoms with E-state index in [1.165, 1.54) is 12.1 Å². The van der Waals surface area contributed by atoms with Crippen LogP contribution in [-0.4, -0.2) is 35.1 Å². The van der Waals surface area contributed by atoms with Crippen LogP contribution in [-0.2, 0) is 4.79 Å². The Morgan fingerprint density at radius 2 is 1.96 bits per heavy atom. The van der Waals surface area contributed by atoms with Crippen molar-refractivity contribution in [2.75, 3.05) is 18.5 Å². The van der Waals surface area contributed by atoms with Gasteiger partial charge < -0.3 is 15.3 Å². The highest BCUT2D eigenvalue weighted by Crippen LogP contribution is 2.49. The van der Waals surface area contributed by atoms with E-state index in [1.54, 1.807) is 6.07 Å². The molecule has 2 fully saturated rings. The van der Waals surface area contributed by atoms with Gasteiger partial charge in [-0.05, 0) is 60.2 Å². The highest BCUT2D eigenvalue weighted by Gasteiger charge is 2.48. The molecule has 1 amide bonds. The Kier molecular flexibility index (Phi) is 3.93. The maximum absolute atomic E-state index is 13.7. The highest BCUT2D eigenvalue weighted by atomic mass is 19.1. The minimum atomic E-state index is -0.257. The first-order valence-electron chi connectivity index (χ1n) is 9.73. The van der Waals surface area contributed by atoms with Crippen molar-refractivity contribution in [2.24, 2.45) is 11.8 Å². The summed E-state index contributed by atoms with van der Waals surface area (Å²) in [6, 6.07) is 12.6. The molecule has 2 N–H and O–H groups in total. The molecule has 2 heterocycles. The van der Waals surface area contributed by atoms with Crippen molar-refractivity contribution in [3.63, 3.8) is 0 Å². The summed E-state index contributed by atoms with van der Waals surface area (Å²) >= 11 is 0. The van der Waals surface area contributed by atoms with E-state index < -0.39 is 0 Å². The standard InChI is InChI=1S/C22H23FN2O2/c23-16-3-1-2-14(10-16)15-6-7-19-18(11-15)21-17(20(12-26)24-19)8-9-25(21)22(27)13-4-5-13/h1-3,6-7,10-11,13,17,20-21,24,26H,4-5,8-9,12H2/t17-,20+,21-/m0/s1. The Balaban J connectivity index is 1.58. The van der Waals surface area contributed by atoms with Gasteiger partial charge in [0.15, 0.2) is 0 Å². The number of fused-ring (bicyclic) bond motifs is 3. The third-order valence-electron chi connectivity index (χ3n) is 6.24. The Hall–Kier alpha value is -2.40. The van der Waals surface area contributed by atoms with Gasteiger partial charge in [0, 0.05) is 24.1 Å². The molecular formula is C22H23FN2O2. The molecule has 0 spiro atoms. The topological polar surface area (TPSA) is 52.6 Å². The number of halogens is 1. The van der Waals surface area contributed by atoms with Crippen molar-refractivity contribution in [1.29, 1.82) is 0 Å². The van der Waals surface area contributed by atoms with E-state index in [-0.39, 0.29) is 42.3 Å². The second-order valence-electron chi connectivity index (χ2n) is 7.95. The Morgan fingerprint density at radius 3 is 2.70 bits per heavy atom. The molecule has 2 aromatic rings. The maximum Gasteiger partial charge on any atom is 0.226 e. The summed E-state index contributed by atoms with van der Waals surface area (Å²) in [4.78, 5) is 14.9. The van der Waals surface area contributed by atoms with E-state index in [4.69, 9.17) is 0 Å². The third-order valence-corrected chi connectivity index (χ3v) is 6.24. The van der Waals surface area contributed by atoms with Crippen molar-refractivity contribution in [3.05, 3.63) is 53.8 Å². The van der Waals surface area contributed by atoms with Gasteiger partial charge in [-0.15, -0.1) is 0 Å². The molecule has 1 aliphatic carbocycles. The number of hydrogen-bond acceptors (Lipinski definition) is 3. The summed E-state index contributed by atoms with van der Waals surface area (Å²) in [5.74, 6) is 0.380. The zero-order chi connectivity index (χ0) is 18.5. The summed E-state index contributed by atoms with van der Waals surface area (Å²) in [5, 5.41) is 13.3. The normalized spacial score (nSPS) is 26.3. The third kappa shape index (κ3) is 2.81. The smallest absolute Gasteiger partial charge is 0.226 e. The van der Waals surface area contributed by atoms with Crippen LogP contribution in [0, 0.1) is 17.7 Å². The number of nitrogens with one attached hydrogen (secondary N) is 1. The lowest BCUT2D eigenvalue weighted by atomic mass is 9.82. The van der Waals surface area contributed by atoms with Gasteiger partial charge in [-0.3, -0.25) is 4.79 Å². The highest BCUT2D eigenvalue weighted by molar-refractivity contribution is 5.83. The molecule has 140 valence electrons. The largest absolute Gasteiger partial charge is 0.394 e. The molecule has 2 aromatic carbocycles. The molecule has 0 unspecified atom stereocenters. The van der Waals surface area contributed by atoms with Crippen LogP contribution >= 0.6 is 0 Å². The minimum absolute atomic E-state index is 0.0139. The number of benzene rings is 2. The molecule has 0 bridgehead atoms. The SMILES string of the molecule is O=C(C1CC1)N1CC[C@@H]2[C@H]1c1cc(-c3cccc(F)c3)ccc1N[C@@H]2CO. The number of likely N-dealkylation sites (tertiary alicyclic amines) is 1. The van der Waals surface area contributed by atoms with Crippen LogP contribution in [0.5, 0.6) is 0 Å². The first-order valence-corrected chi connectivity index (χ1v) is 9.73. The lowest BCUT2D eigenvalue weighted by Gasteiger charge is -2.39. The Morgan fingerprint density at radius 1 is 1.15 bits per heavy atom. The lowest BCUT2D eigenvalue weighted by molar-refractivity contribution is -0.134. The second kappa shape index (κ2) is 6.34. The predicted molar refractivity (Wildman–Crippen MR) is 102 cm³/mol. The minimum Gasteiger partial charge on any atom is -0.394 e. The molecule has 4 nitrogen and oxygen atoms in total. The molecule has 1 saturated carbocycles. The van der Waals surface area contributed by atoms with E-state index >= 15 is 0 Å². The number of amides is 1. The van der Waals surface area contributed by atoms with Crippen molar-refractivity contribution in [1.82, 2.24) is 4.90 Å². The van der Waals surface area contributed by atoms with Crippen LogP contribution in [0.3, 0.4) is 0 Å². The van der Waals surface area contributed by atoms with E-state index in [0.717, 1.165) is 48.2 Å². The van der Waals surface area contributed by atoms with Crippen molar-refractivity contribution >= 4 is 11.6 Å². The molecule has 3 aliphatic rings. The van der Waals surface area contributed by atoms with Gasteiger partial charge in [0.05, 0.1) is 18.7 Å². The quantitative estimate of drug-likeness (QED) is 0.873. The van der Waals surface area contributed by atoms with E-state index in [2.05, 4.69) is 11.4 Å². The van der Waals surface area contributed by atoms with Gasteiger partial charge in [-0.25, -0.2) is 4.39 Å². The Labute approximate surface area is 158 Å². The Bertz CT molecular complexity index is 896. The van der Waals surface area contributed by atoms with Crippen LogP contribution in [0.25, 0.3) is 11.1 Å². The van der Waals surface area contributed by atoms with E-state index in [9.17, 15) is 14.3 Å². The number of rotatable bonds is 3. The van der Waals surface area contributed by atoms with Crippen molar-refractivity contribution in [3.8, 4) is 11.1 Å². The molecule has 0 aromatic heterocycles. The van der Waals surface area contributed by atoms with Gasteiger partial charge in [0.25, 0.3) is 0 Å². The fraction of sp³-hybridized carbons (Fsp3) is 0.409. The second-order valence-corrected chi connectivity index (χ2v) is 7.95. The molecule has 5 rings (SSSR count). The molecule has 3 atom stereocenters. The van der Waals surface area contributed by atoms with Gasteiger partial charge in [-0.1, -0.05) is 18.2 Å². The maximum atomic E-state index is 13.7. The summed E-state index contributed by atoms with van der Waals surface area (Å²) in [6.45, 7) is 0.796. The van der Waals surface area contributed by atoms with Crippen LogP contribution in [0.15, 0.2) is 42.5 Å². The molecule has 0 radical (unpaired) electrons. The number of aliphatic hydroxyl groups excluding tert-OH is 1. The van der Waals surface area contributed by atoms with Crippen molar-refractivity contribution in [2.45, 2.75) is 31.3 Å². The van der Waals surface area contributed by atoms with E-state index in [0.29, 0.717) is 0 Å². The molecule has 2 aliphatic heterocycles.